The minimum Gasteiger partial charge on any atom is -0.354 e. The van der Waals surface area contributed by atoms with Crippen LogP contribution in [0.5, 0.6) is 0 Å². The van der Waals surface area contributed by atoms with Gasteiger partial charge in [0.25, 0.3) is 0 Å². The molecule has 0 spiro atoms. The number of anilines is 1. The van der Waals surface area contributed by atoms with Gasteiger partial charge in [-0.3, -0.25) is 0 Å². The minimum atomic E-state index is 0.436. The largest absolute Gasteiger partial charge is 0.354 e. The minimum absolute atomic E-state index is 0.436. The fourth-order valence-electron chi connectivity index (χ4n) is 2.88. The monoisotopic (exact) mass is 262 g/mol. The van der Waals surface area contributed by atoms with Gasteiger partial charge >= 0.3 is 0 Å². The Bertz CT molecular complexity index is 417. The van der Waals surface area contributed by atoms with Crippen molar-refractivity contribution in [1.29, 1.82) is 0 Å². The lowest BCUT2D eigenvalue weighted by Gasteiger charge is -2.18. The van der Waals surface area contributed by atoms with Gasteiger partial charge in [0.05, 0.1) is 0 Å². The Balaban J connectivity index is 1.99. The molecule has 1 aliphatic rings. The normalized spacial score (nSPS) is 23.0. The van der Waals surface area contributed by atoms with E-state index in [1.165, 1.54) is 19.3 Å². The summed E-state index contributed by atoms with van der Waals surface area (Å²) in [4.78, 5) is 9.07. The maximum absolute atomic E-state index is 5.82. The van der Waals surface area contributed by atoms with Crippen molar-refractivity contribution in [2.45, 2.75) is 46.0 Å². The van der Waals surface area contributed by atoms with E-state index < -0.39 is 0 Å². The predicted octanol–water partition coefficient (Wildman–Crippen LogP) is 2.70. The predicted molar refractivity (Wildman–Crippen MR) is 79.2 cm³/mol. The van der Waals surface area contributed by atoms with Crippen LogP contribution in [0.2, 0.25) is 0 Å². The van der Waals surface area contributed by atoms with Crippen LogP contribution in [0.1, 0.15) is 50.4 Å². The molecule has 3 N–H and O–H groups in total. The summed E-state index contributed by atoms with van der Waals surface area (Å²) in [6.07, 6.45) is 3.85. The van der Waals surface area contributed by atoms with Gasteiger partial charge in [-0.2, -0.15) is 0 Å². The lowest BCUT2D eigenvalue weighted by Crippen LogP contribution is -2.25. The number of aryl methyl sites for hydroxylation is 1. The fourth-order valence-corrected chi connectivity index (χ4v) is 2.88. The van der Waals surface area contributed by atoms with E-state index in [4.69, 9.17) is 5.73 Å². The van der Waals surface area contributed by atoms with Crippen molar-refractivity contribution in [3.8, 4) is 0 Å². The van der Waals surface area contributed by atoms with Crippen molar-refractivity contribution in [2.24, 2.45) is 17.6 Å². The van der Waals surface area contributed by atoms with Crippen molar-refractivity contribution in [2.75, 3.05) is 18.4 Å². The molecule has 2 unspecified atom stereocenters. The van der Waals surface area contributed by atoms with E-state index in [0.29, 0.717) is 17.8 Å². The van der Waals surface area contributed by atoms with Gasteiger partial charge in [0.1, 0.15) is 0 Å². The smallest absolute Gasteiger partial charge is 0.223 e. The van der Waals surface area contributed by atoms with Crippen LogP contribution in [0.3, 0.4) is 0 Å². The third-order valence-electron chi connectivity index (χ3n) is 4.11. The summed E-state index contributed by atoms with van der Waals surface area (Å²) in [7, 11) is 0. The molecule has 0 aromatic carbocycles. The van der Waals surface area contributed by atoms with Gasteiger partial charge in [-0.25, -0.2) is 9.97 Å². The van der Waals surface area contributed by atoms with E-state index in [0.717, 1.165) is 30.4 Å². The van der Waals surface area contributed by atoms with Crippen molar-refractivity contribution in [1.82, 2.24) is 9.97 Å². The molecule has 1 fully saturated rings. The Morgan fingerprint density at radius 2 is 2.05 bits per heavy atom. The standard InChI is InChI=1S/C15H26N4/c1-10(2)14-7-11(3)18-15(19-14)17-9-13-6-4-5-12(13)8-16/h7,10,12-13H,4-6,8-9,16H2,1-3H3,(H,17,18,19). The quantitative estimate of drug-likeness (QED) is 0.856. The summed E-state index contributed by atoms with van der Waals surface area (Å²) in [6.45, 7) is 8.10. The Morgan fingerprint density at radius 1 is 1.32 bits per heavy atom. The summed E-state index contributed by atoms with van der Waals surface area (Å²) >= 11 is 0. The number of rotatable bonds is 5. The molecular formula is C15H26N4. The maximum Gasteiger partial charge on any atom is 0.223 e. The number of nitrogens with one attached hydrogen (secondary N) is 1. The van der Waals surface area contributed by atoms with Gasteiger partial charge in [-0.15, -0.1) is 0 Å². The van der Waals surface area contributed by atoms with Crippen molar-refractivity contribution < 1.29 is 0 Å². The molecule has 1 saturated carbocycles. The second-order valence-corrected chi connectivity index (χ2v) is 5.98. The molecule has 1 aromatic heterocycles. The molecule has 4 heteroatoms. The zero-order valence-corrected chi connectivity index (χ0v) is 12.3. The number of hydrogen-bond acceptors (Lipinski definition) is 4. The molecule has 106 valence electrons. The van der Waals surface area contributed by atoms with Crippen LogP contribution >= 0.6 is 0 Å². The zero-order chi connectivity index (χ0) is 13.8. The van der Waals surface area contributed by atoms with E-state index in [9.17, 15) is 0 Å². The van der Waals surface area contributed by atoms with E-state index in [1.807, 2.05) is 6.92 Å². The third kappa shape index (κ3) is 3.66. The summed E-state index contributed by atoms with van der Waals surface area (Å²) in [5.41, 5.74) is 7.96. The highest BCUT2D eigenvalue weighted by molar-refractivity contribution is 5.29. The first kappa shape index (κ1) is 14.3. The lowest BCUT2D eigenvalue weighted by molar-refractivity contribution is 0.413. The molecule has 1 aliphatic carbocycles. The highest BCUT2D eigenvalue weighted by Crippen LogP contribution is 2.30. The molecule has 4 nitrogen and oxygen atoms in total. The average molecular weight is 262 g/mol. The Hall–Kier alpha value is -1.16. The molecule has 0 bridgehead atoms. The van der Waals surface area contributed by atoms with E-state index in [2.05, 4.69) is 35.2 Å². The summed E-state index contributed by atoms with van der Waals surface area (Å²) in [6, 6.07) is 2.06. The van der Waals surface area contributed by atoms with E-state index in [-0.39, 0.29) is 0 Å². The van der Waals surface area contributed by atoms with Crippen molar-refractivity contribution in [3.05, 3.63) is 17.5 Å². The first-order valence-corrected chi connectivity index (χ1v) is 7.39. The van der Waals surface area contributed by atoms with Crippen LogP contribution in [-0.4, -0.2) is 23.1 Å². The molecule has 0 aliphatic heterocycles. The number of hydrogen-bond donors (Lipinski definition) is 2. The Kier molecular flexibility index (Phi) is 4.75. The third-order valence-corrected chi connectivity index (χ3v) is 4.11. The van der Waals surface area contributed by atoms with Crippen LogP contribution in [0, 0.1) is 18.8 Å². The van der Waals surface area contributed by atoms with Gasteiger partial charge in [0, 0.05) is 17.9 Å². The summed E-state index contributed by atoms with van der Waals surface area (Å²) in [5.74, 6) is 2.55. The average Bonchev–Trinajstić information content (AvgIpc) is 2.83. The second-order valence-electron chi connectivity index (χ2n) is 5.98. The molecular weight excluding hydrogens is 236 g/mol. The van der Waals surface area contributed by atoms with Gasteiger partial charge in [-0.1, -0.05) is 20.3 Å². The molecule has 0 saturated heterocycles. The zero-order valence-electron chi connectivity index (χ0n) is 12.3. The molecule has 2 atom stereocenters. The molecule has 1 aromatic rings. The van der Waals surface area contributed by atoms with Crippen LogP contribution in [0.4, 0.5) is 5.95 Å². The van der Waals surface area contributed by atoms with E-state index >= 15 is 0 Å². The lowest BCUT2D eigenvalue weighted by atomic mass is 9.96. The second kappa shape index (κ2) is 6.33. The van der Waals surface area contributed by atoms with Crippen LogP contribution < -0.4 is 11.1 Å². The van der Waals surface area contributed by atoms with Crippen LogP contribution in [0.25, 0.3) is 0 Å². The van der Waals surface area contributed by atoms with Gasteiger partial charge in [0.15, 0.2) is 0 Å². The maximum atomic E-state index is 5.82. The highest BCUT2D eigenvalue weighted by Gasteiger charge is 2.25. The summed E-state index contributed by atoms with van der Waals surface area (Å²) < 4.78 is 0. The molecule has 0 amide bonds. The molecule has 0 radical (unpaired) electrons. The molecule has 19 heavy (non-hydrogen) atoms. The Morgan fingerprint density at radius 3 is 2.74 bits per heavy atom. The van der Waals surface area contributed by atoms with Gasteiger partial charge < -0.3 is 11.1 Å². The fraction of sp³-hybridized carbons (Fsp3) is 0.733. The van der Waals surface area contributed by atoms with Crippen molar-refractivity contribution >= 4 is 5.95 Å². The van der Waals surface area contributed by atoms with Crippen LogP contribution in [0.15, 0.2) is 6.07 Å². The SMILES string of the molecule is Cc1cc(C(C)C)nc(NCC2CCCC2CN)n1. The van der Waals surface area contributed by atoms with Gasteiger partial charge in [0.2, 0.25) is 5.95 Å². The number of aromatic nitrogens is 2. The Labute approximate surface area is 116 Å². The highest BCUT2D eigenvalue weighted by atomic mass is 15.1. The number of nitrogens with two attached hydrogens (primary N) is 1. The molecule has 1 heterocycles. The molecule has 2 rings (SSSR count). The topological polar surface area (TPSA) is 63.8 Å². The first-order valence-electron chi connectivity index (χ1n) is 7.39. The number of nitrogens with zero attached hydrogens (tertiary/aromatic N) is 2. The summed E-state index contributed by atoms with van der Waals surface area (Å²) in [5, 5.41) is 3.41. The van der Waals surface area contributed by atoms with E-state index in [1.54, 1.807) is 0 Å². The van der Waals surface area contributed by atoms with Crippen molar-refractivity contribution in [3.63, 3.8) is 0 Å². The van der Waals surface area contributed by atoms with Crippen LogP contribution in [-0.2, 0) is 0 Å². The first-order chi connectivity index (χ1) is 9.10. The van der Waals surface area contributed by atoms with Gasteiger partial charge in [-0.05, 0) is 50.1 Å².